The Hall–Kier alpha value is -0.570. The van der Waals surface area contributed by atoms with E-state index in [0.717, 1.165) is 37.8 Å². The molecule has 0 aromatic heterocycles. The standard InChI is InChI=1S/C14H27NO2/c1-12-7-9-13(10-8-12)15(2)11-5-3-4-6-14(16)17/h12-13H,3-11H2,1-2H3,(H,16,17). The Labute approximate surface area is 105 Å². The molecular formula is C14H27NO2. The normalized spacial score (nSPS) is 25.1. The summed E-state index contributed by atoms with van der Waals surface area (Å²) in [6.07, 6.45) is 8.74. The number of rotatable bonds is 7. The minimum absolute atomic E-state index is 0.324. The lowest BCUT2D eigenvalue weighted by atomic mass is 9.87. The highest BCUT2D eigenvalue weighted by Crippen LogP contribution is 2.26. The van der Waals surface area contributed by atoms with Gasteiger partial charge in [-0.2, -0.15) is 0 Å². The minimum Gasteiger partial charge on any atom is -0.481 e. The maximum atomic E-state index is 10.4. The average Bonchev–Trinajstić information content (AvgIpc) is 2.29. The van der Waals surface area contributed by atoms with Crippen molar-refractivity contribution in [3.63, 3.8) is 0 Å². The van der Waals surface area contributed by atoms with Gasteiger partial charge in [-0.05, 0) is 58.0 Å². The Morgan fingerprint density at radius 2 is 1.82 bits per heavy atom. The first kappa shape index (κ1) is 14.5. The summed E-state index contributed by atoms with van der Waals surface area (Å²) in [7, 11) is 2.22. The lowest BCUT2D eigenvalue weighted by molar-refractivity contribution is -0.137. The molecule has 1 fully saturated rings. The van der Waals surface area contributed by atoms with E-state index in [9.17, 15) is 4.79 Å². The van der Waals surface area contributed by atoms with Crippen LogP contribution in [0.3, 0.4) is 0 Å². The summed E-state index contributed by atoms with van der Waals surface area (Å²) in [5.74, 6) is 0.245. The third-order valence-corrected chi connectivity index (χ3v) is 4.01. The molecule has 0 aromatic rings. The summed E-state index contributed by atoms with van der Waals surface area (Å²) in [6, 6.07) is 0.769. The smallest absolute Gasteiger partial charge is 0.303 e. The lowest BCUT2D eigenvalue weighted by Gasteiger charge is -2.33. The van der Waals surface area contributed by atoms with Crippen molar-refractivity contribution in [3.05, 3.63) is 0 Å². The number of carboxylic acid groups (broad SMARTS) is 1. The SMILES string of the molecule is CC1CCC(N(C)CCCCCC(=O)O)CC1. The van der Waals surface area contributed by atoms with Crippen LogP contribution in [0.2, 0.25) is 0 Å². The van der Waals surface area contributed by atoms with E-state index < -0.39 is 5.97 Å². The molecule has 0 aromatic carbocycles. The van der Waals surface area contributed by atoms with Gasteiger partial charge in [0.15, 0.2) is 0 Å². The van der Waals surface area contributed by atoms with Crippen molar-refractivity contribution >= 4 is 5.97 Å². The summed E-state index contributed by atoms with van der Waals surface area (Å²) < 4.78 is 0. The van der Waals surface area contributed by atoms with Gasteiger partial charge in [-0.15, -0.1) is 0 Å². The Bertz CT molecular complexity index is 222. The molecule has 3 nitrogen and oxygen atoms in total. The number of hydrogen-bond acceptors (Lipinski definition) is 2. The van der Waals surface area contributed by atoms with Crippen LogP contribution in [0, 0.1) is 5.92 Å². The quantitative estimate of drug-likeness (QED) is 0.696. The van der Waals surface area contributed by atoms with E-state index in [4.69, 9.17) is 5.11 Å². The number of nitrogens with zero attached hydrogens (tertiary/aromatic N) is 1. The van der Waals surface area contributed by atoms with Gasteiger partial charge in [0, 0.05) is 12.5 Å². The molecule has 1 aliphatic rings. The van der Waals surface area contributed by atoms with Crippen molar-refractivity contribution in [1.29, 1.82) is 0 Å². The van der Waals surface area contributed by atoms with Crippen molar-refractivity contribution < 1.29 is 9.90 Å². The van der Waals surface area contributed by atoms with E-state index in [-0.39, 0.29) is 0 Å². The maximum absolute atomic E-state index is 10.4. The van der Waals surface area contributed by atoms with Crippen LogP contribution in [-0.4, -0.2) is 35.6 Å². The third-order valence-electron chi connectivity index (χ3n) is 4.01. The number of unbranched alkanes of at least 4 members (excludes halogenated alkanes) is 2. The van der Waals surface area contributed by atoms with E-state index in [2.05, 4.69) is 18.9 Å². The number of carbonyl (C=O) groups is 1. The molecule has 0 spiro atoms. The first-order valence-corrected chi connectivity index (χ1v) is 7.01. The van der Waals surface area contributed by atoms with Gasteiger partial charge in [0.1, 0.15) is 0 Å². The van der Waals surface area contributed by atoms with Crippen LogP contribution in [0.4, 0.5) is 0 Å². The highest BCUT2D eigenvalue weighted by molar-refractivity contribution is 5.66. The highest BCUT2D eigenvalue weighted by Gasteiger charge is 2.20. The first-order chi connectivity index (χ1) is 8.09. The third kappa shape index (κ3) is 6.06. The van der Waals surface area contributed by atoms with E-state index in [1.165, 1.54) is 25.7 Å². The number of carboxylic acids is 1. The predicted octanol–water partition coefficient (Wildman–Crippen LogP) is 3.14. The zero-order valence-electron chi connectivity index (χ0n) is 11.3. The van der Waals surface area contributed by atoms with Crippen molar-refractivity contribution in [2.24, 2.45) is 5.92 Å². The van der Waals surface area contributed by atoms with Crippen molar-refractivity contribution in [1.82, 2.24) is 4.90 Å². The second kappa shape index (κ2) is 7.70. The van der Waals surface area contributed by atoms with Crippen molar-refractivity contribution in [2.75, 3.05) is 13.6 Å². The summed E-state index contributed by atoms with van der Waals surface area (Å²) in [5.41, 5.74) is 0. The van der Waals surface area contributed by atoms with Crippen LogP contribution in [0.15, 0.2) is 0 Å². The molecule has 1 saturated carbocycles. The summed E-state index contributed by atoms with van der Waals surface area (Å²) in [6.45, 7) is 3.47. The van der Waals surface area contributed by atoms with Gasteiger partial charge in [-0.3, -0.25) is 4.79 Å². The van der Waals surface area contributed by atoms with Crippen LogP contribution in [0.1, 0.15) is 58.3 Å². The topological polar surface area (TPSA) is 40.5 Å². The van der Waals surface area contributed by atoms with Crippen LogP contribution in [0.25, 0.3) is 0 Å². The summed E-state index contributed by atoms with van der Waals surface area (Å²) >= 11 is 0. The van der Waals surface area contributed by atoms with Gasteiger partial charge in [-0.1, -0.05) is 13.3 Å². The number of hydrogen-bond donors (Lipinski definition) is 1. The monoisotopic (exact) mass is 241 g/mol. The van der Waals surface area contributed by atoms with Gasteiger partial charge < -0.3 is 10.0 Å². The zero-order chi connectivity index (χ0) is 12.7. The highest BCUT2D eigenvalue weighted by atomic mass is 16.4. The van der Waals surface area contributed by atoms with E-state index >= 15 is 0 Å². The second-order valence-electron chi connectivity index (χ2n) is 5.60. The van der Waals surface area contributed by atoms with E-state index in [1.807, 2.05) is 0 Å². The first-order valence-electron chi connectivity index (χ1n) is 7.01. The molecule has 0 bridgehead atoms. The molecule has 0 saturated heterocycles. The van der Waals surface area contributed by atoms with E-state index in [1.54, 1.807) is 0 Å². The van der Waals surface area contributed by atoms with Gasteiger partial charge in [-0.25, -0.2) is 0 Å². The molecule has 1 rings (SSSR count). The molecular weight excluding hydrogens is 214 g/mol. The molecule has 0 unspecified atom stereocenters. The molecule has 1 N–H and O–H groups in total. The summed E-state index contributed by atoms with van der Waals surface area (Å²) in [4.78, 5) is 12.8. The molecule has 0 aliphatic heterocycles. The molecule has 100 valence electrons. The number of aliphatic carboxylic acids is 1. The van der Waals surface area contributed by atoms with Gasteiger partial charge in [0.25, 0.3) is 0 Å². The fourth-order valence-corrected chi connectivity index (χ4v) is 2.68. The Morgan fingerprint density at radius 1 is 1.18 bits per heavy atom. The Balaban J connectivity index is 2.04. The molecule has 0 atom stereocenters. The van der Waals surface area contributed by atoms with Gasteiger partial charge in [0.2, 0.25) is 0 Å². The fourth-order valence-electron chi connectivity index (χ4n) is 2.68. The molecule has 1 aliphatic carbocycles. The molecule has 0 heterocycles. The van der Waals surface area contributed by atoms with Crippen molar-refractivity contribution in [2.45, 2.75) is 64.3 Å². The molecule has 0 amide bonds. The fraction of sp³-hybridized carbons (Fsp3) is 0.929. The Kier molecular flexibility index (Phi) is 6.56. The van der Waals surface area contributed by atoms with Gasteiger partial charge >= 0.3 is 5.97 Å². The summed E-state index contributed by atoms with van der Waals surface area (Å²) in [5, 5.41) is 8.54. The molecule has 0 radical (unpaired) electrons. The lowest BCUT2D eigenvalue weighted by Crippen LogP contribution is -2.35. The predicted molar refractivity (Wildman–Crippen MR) is 70.2 cm³/mol. The van der Waals surface area contributed by atoms with Crippen LogP contribution in [0.5, 0.6) is 0 Å². The molecule has 17 heavy (non-hydrogen) atoms. The zero-order valence-corrected chi connectivity index (χ0v) is 11.3. The molecule has 3 heteroatoms. The Morgan fingerprint density at radius 3 is 2.41 bits per heavy atom. The second-order valence-corrected chi connectivity index (χ2v) is 5.60. The maximum Gasteiger partial charge on any atom is 0.303 e. The van der Waals surface area contributed by atoms with Gasteiger partial charge in [0.05, 0.1) is 0 Å². The van der Waals surface area contributed by atoms with Crippen LogP contribution < -0.4 is 0 Å². The largest absolute Gasteiger partial charge is 0.481 e. The van der Waals surface area contributed by atoms with Crippen molar-refractivity contribution in [3.8, 4) is 0 Å². The average molecular weight is 241 g/mol. The van der Waals surface area contributed by atoms with Crippen LogP contribution in [-0.2, 0) is 4.79 Å². The van der Waals surface area contributed by atoms with E-state index in [0.29, 0.717) is 6.42 Å². The van der Waals surface area contributed by atoms with Crippen LogP contribution >= 0.6 is 0 Å². The minimum atomic E-state index is -0.667.